The van der Waals surface area contributed by atoms with Crippen LogP contribution in [0.4, 0.5) is 4.39 Å². The number of carboxylic acids is 1. The maximum Gasteiger partial charge on any atom is 0.328 e. The first-order valence-electron chi connectivity index (χ1n) is 6.09. The average molecular weight is 316 g/mol. The van der Waals surface area contributed by atoms with Crippen molar-refractivity contribution in [3.63, 3.8) is 0 Å². The van der Waals surface area contributed by atoms with Crippen LogP contribution in [-0.2, 0) is 20.7 Å². The van der Waals surface area contributed by atoms with Crippen molar-refractivity contribution in [2.45, 2.75) is 12.5 Å². The molecule has 0 aliphatic rings. The Balaban J connectivity index is 2.65. The van der Waals surface area contributed by atoms with Crippen LogP contribution in [0, 0.1) is 5.82 Å². The van der Waals surface area contributed by atoms with E-state index in [1.807, 2.05) is 0 Å². The summed E-state index contributed by atoms with van der Waals surface area (Å²) in [6, 6.07) is 2.83. The van der Waals surface area contributed by atoms with Crippen LogP contribution in [0.5, 0.6) is 0 Å². The zero-order chi connectivity index (χ0) is 15.8. The molecule has 0 aromatic heterocycles. The van der Waals surface area contributed by atoms with Crippen LogP contribution in [0.2, 0.25) is 5.02 Å². The van der Waals surface area contributed by atoms with Gasteiger partial charge in [-0.3, -0.25) is 4.79 Å². The third kappa shape index (κ3) is 5.53. The molecule has 7 heteroatoms. The van der Waals surface area contributed by atoms with Gasteiger partial charge in [0.25, 0.3) is 0 Å². The molecule has 1 atom stereocenters. The van der Waals surface area contributed by atoms with Gasteiger partial charge in [-0.05, 0) is 12.1 Å². The minimum absolute atomic E-state index is 0.0211. The topological polar surface area (TPSA) is 75.6 Å². The van der Waals surface area contributed by atoms with Gasteiger partial charge in [0, 0.05) is 10.6 Å². The first-order chi connectivity index (χ1) is 9.95. The molecule has 114 valence electrons. The number of carboxylic acid groups (broad SMARTS) is 1. The Kier molecular flexibility index (Phi) is 6.84. The third-order valence-electron chi connectivity index (χ3n) is 2.55. The maximum absolute atomic E-state index is 13.5. The van der Waals surface area contributed by atoms with Crippen molar-refractivity contribution in [3.8, 4) is 0 Å². The van der Waals surface area contributed by atoms with Crippen molar-refractivity contribution in [1.29, 1.82) is 0 Å². The van der Waals surface area contributed by atoms with Crippen LogP contribution in [0.1, 0.15) is 5.56 Å². The summed E-state index contributed by atoms with van der Waals surface area (Å²) in [4.78, 5) is 22.8. The molecule has 21 heavy (non-hydrogen) atoms. The molecule has 1 aromatic carbocycles. The Morgan fingerprint density at radius 2 is 2.24 bits per heavy atom. The number of nitrogens with one attached hydrogen (secondary N) is 1. The van der Waals surface area contributed by atoms with Crippen molar-refractivity contribution in [3.05, 3.63) is 47.3 Å². The van der Waals surface area contributed by atoms with E-state index >= 15 is 0 Å². The molecule has 0 saturated heterocycles. The van der Waals surface area contributed by atoms with E-state index in [0.29, 0.717) is 0 Å². The Labute approximate surface area is 126 Å². The average Bonchev–Trinajstić information content (AvgIpc) is 2.42. The molecule has 1 rings (SSSR count). The number of hydrogen-bond acceptors (Lipinski definition) is 3. The number of halogens is 2. The SMILES string of the molecule is C=CCOCC(NC(=O)Cc1c(F)cccc1Cl)C(=O)O. The second-order valence-electron chi connectivity index (χ2n) is 4.16. The second kappa shape index (κ2) is 8.39. The fourth-order valence-electron chi connectivity index (χ4n) is 1.55. The number of benzene rings is 1. The van der Waals surface area contributed by atoms with Gasteiger partial charge in [0.15, 0.2) is 6.04 Å². The molecule has 0 fully saturated rings. The quantitative estimate of drug-likeness (QED) is 0.566. The van der Waals surface area contributed by atoms with Gasteiger partial charge in [0.1, 0.15) is 5.82 Å². The van der Waals surface area contributed by atoms with Crippen molar-refractivity contribution < 1.29 is 23.8 Å². The Morgan fingerprint density at radius 3 is 2.81 bits per heavy atom. The number of hydrogen-bond donors (Lipinski definition) is 2. The van der Waals surface area contributed by atoms with Crippen LogP contribution in [0.25, 0.3) is 0 Å². The lowest BCUT2D eigenvalue weighted by Gasteiger charge is -2.14. The van der Waals surface area contributed by atoms with Crippen LogP contribution in [-0.4, -0.2) is 36.2 Å². The van der Waals surface area contributed by atoms with Crippen molar-refractivity contribution >= 4 is 23.5 Å². The number of amides is 1. The van der Waals surface area contributed by atoms with Gasteiger partial charge in [-0.1, -0.05) is 23.7 Å². The van der Waals surface area contributed by atoms with Crippen molar-refractivity contribution in [2.75, 3.05) is 13.2 Å². The van der Waals surface area contributed by atoms with Gasteiger partial charge in [0.05, 0.1) is 19.6 Å². The van der Waals surface area contributed by atoms with Crippen molar-refractivity contribution in [2.24, 2.45) is 0 Å². The molecule has 0 saturated carbocycles. The molecule has 1 amide bonds. The van der Waals surface area contributed by atoms with Gasteiger partial charge in [-0.2, -0.15) is 0 Å². The predicted octanol–water partition coefficient (Wildman–Crippen LogP) is 1.79. The number of rotatable bonds is 8. The van der Waals surface area contributed by atoms with E-state index in [0.717, 1.165) is 0 Å². The molecule has 0 heterocycles. The zero-order valence-corrected chi connectivity index (χ0v) is 11.9. The van der Waals surface area contributed by atoms with E-state index in [1.165, 1.54) is 24.3 Å². The highest BCUT2D eigenvalue weighted by atomic mass is 35.5. The molecule has 2 N–H and O–H groups in total. The minimum atomic E-state index is -1.24. The highest BCUT2D eigenvalue weighted by molar-refractivity contribution is 6.31. The monoisotopic (exact) mass is 315 g/mol. The van der Waals surface area contributed by atoms with Gasteiger partial charge < -0.3 is 15.2 Å². The van der Waals surface area contributed by atoms with E-state index in [1.54, 1.807) is 0 Å². The number of aliphatic carboxylic acids is 1. The van der Waals surface area contributed by atoms with E-state index in [2.05, 4.69) is 11.9 Å². The van der Waals surface area contributed by atoms with Gasteiger partial charge >= 0.3 is 5.97 Å². The summed E-state index contributed by atoms with van der Waals surface area (Å²) in [7, 11) is 0. The summed E-state index contributed by atoms with van der Waals surface area (Å²) in [6.45, 7) is 3.38. The molecule has 0 spiro atoms. The maximum atomic E-state index is 13.5. The van der Waals surface area contributed by atoms with E-state index < -0.39 is 23.7 Å². The van der Waals surface area contributed by atoms with Crippen LogP contribution < -0.4 is 5.32 Å². The Bertz CT molecular complexity index is 515. The Morgan fingerprint density at radius 1 is 1.52 bits per heavy atom. The minimum Gasteiger partial charge on any atom is -0.480 e. The fraction of sp³-hybridized carbons (Fsp3) is 0.286. The Hall–Kier alpha value is -1.92. The molecular weight excluding hydrogens is 301 g/mol. The highest BCUT2D eigenvalue weighted by Crippen LogP contribution is 2.19. The molecule has 1 unspecified atom stereocenters. The van der Waals surface area contributed by atoms with Crippen LogP contribution in [0.15, 0.2) is 30.9 Å². The molecule has 0 radical (unpaired) electrons. The largest absolute Gasteiger partial charge is 0.480 e. The summed E-state index contributed by atoms with van der Waals surface area (Å²) in [6.07, 6.45) is 1.11. The molecular formula is C14H15ClFNO4. The lowest BCUT2D eigenvalue weighted by molar-refractivity contribution is -0.143. The van der Waals surface area contributed by atoms with E-state index in [4.69, 9.17) is 21.4 Å². The smallest absolute Gasteiger partial charge is 0.328 e. The molecule has 0 aliphatic carbocycles. The summed E-state index contributed by atoms with van der Waals surface area (Å²) in [5, 5.41) is 11.3. The molecule has 5 nitrogen and oxygen atoms in total. The van der Waals surface area contributed by atoms with Crippen molar-refractivity contribution in [1.82, 2.24) is 5.32 Å². The molecule has 1 aromatic rings. The van der Waals surface area contributed by atoms with Gasteiger partial charge in [0.2, 0.25) is 5.91 Å². The number of ether oxygens (including phenoxy) is 1. The molecule has 0 aliphatic heterocycles. The summed E-state index contributed by atoms with van der Waals surface area (Å²) in [5.41, 5.74) is 0.0211. The third-order valence-corrected chi connectivity index (χ3v) is 2.91. The lowest BCUT2D eigenvalue weighted by atomic mass is 10.1. The lowest BCUT2D eigenvalue weighted by Crippen LogP contribution is -2.44. The normalized spacial score (nSPS) is 11.7. The van der Waals surface area contributed by atoms with Gasteiger partial charge in [-0.15, -0.1) is 6.58 Å². The van der Waals surface area contributed by atoms with E-state index in [-0.39, 0.29) is 30.2 Å². The fourth-order valence-corrected chi connectivity index (χ4v) is 1.78. The van der Waals surface area contributed by atoms with Gasteiger partial charge in [-0.25, -0.2) is 9.18 Å². The standard InChI is InChI=1S/C14H15ClFNO4/c1-2-6-21-8-12(14(19)20)17-13(18)7-9-10(15)4-3-5-11(9)16/h2-5,12H,1,6-8H2,(H,17,18)(H,19,20). The highest BCUT2D eigenvalue weighted by Gasteiger charge is 2.21. The predicted molar refractivity (Wildman–Crippen MR) is 75.7 cm³/mol. The number of carbonyl (C=O) groups excluding carboxylic acids is 1. The second-order valence-corrected chi connectivity index (χ2v) is 4.57. The van der Waals surface area contributed by atoms with Crippen LogP contribution in [0.3, 0.4) is 0 Å². The first kappa shape index (κ1) is 17.1. The number of carbonyl (C=O) groups is 2. The zero-order valence-electron chi connectivity index (χ0n) is 11.1. The summed E-state index contributed by atoms with van der Waals surface area (Å²) < 4.78 is 18.5. The summed E-state index contributed by atoms with van der Waals surface area (Å²) in [5.74, 6) is -2.52. The summed E-state index contributed by atoms with van der Waals surface area (Å²) >= 11 is 5.80. The first-order valence-corrected chi connectivity index (χ1v) is 6.47. The van der Waals surface area contributed by atoms with E-state index in [9.17, 15) is 14.0 Å². The molecule has 0 bridgehead atoms. The van der Waals surface area contributed by atoms with Crippen LogP contribution >= 0.6 is 11.6 Å².